The van der Waals surface area contributed by atoms with Gasteiger partial charge in [-0.15, -0.1) is 0 Å². The number of carbonyl (C=O) groups is 1. The summed E-state index contributed by atoms with van der Waals surface area (Å²) in [5, 5.41) is 0. The molecular weight excluding hydrogens is 254 g/mol. The van der Waals surface area contributed by atoms with Gasteiger partial charge in [0.05, 0.1) is 26.3 Å². The fraction of sp³-hybridized carbons (Fsp3) is 0.562. The van der Waals surface area contributed by atoms with Crippen molar-refractivity contribution in [1.29, 1.82) is 0 Å². The van der Waals surface area contributed by atoms with Crippen molar-refractivity contribution in [2.24, 2.45) is 0 Å². The highest BCUT2D eigenvalue weighted by Gasteiger charge is 2.18. The van der Waals surface area contributed by atoms with E-state index in [0.717, 1.165) is 25.2 Å². The van der Waals surface area contributed by atoms with Crippen molar-refractivity contribution in [3.05, 3.63) is 35.9 Å². The van der Waals surface area contributed by atoms with Gasteiger partial charge in [-0.05, 0) is 19.4 Å². The average Bonchev–Trinajstić information content (AvgIpc) is 2.45. The molecule has 1 aromatic carbocycles. The van der Waals surface area contributed by atoms with Crippen molar-refractivity contribution in [1.82, 2.24) is 0 Å². The Morgan fingerprint density at radius 3 is 2.40 bits per heavy atom. The minimum absolute atomic E-state index is 0.175. The molecule has 4 heteroatoms. The van der Waals surface area contributed by atoms with Crippen LogP contribution in [0.2, 0.25) is 0 Å². The van der Waals surface area contributed by atoms with Crippen molar-refractivity contribution in [2.45, 2.75) is 33.5 Å². The highest BCUT2D eigenvalue weighted by Crippen LogP contribution is 2.02. The quantitative estimate of drug-likeness (QED) is 0.688. The van der Waals surface area contributed by atoms with Crippen molar-refractivity contribution in [2.75, 3.05) is 26.2 Å². The van der Waals surface area contributed by atoms with Crippen LogP contribution in [0.3, 0.4) is 0 Å². The Morgan fingerprint density at radius 1 is 1.20 bits per heavy atom. The standard InChI is InChI=1S/C16H25NO3/c1-4-17(5-2)11-16(20-14(3)18)13-19-12-15-9-7-6-8-10-15/h6-10,16H,4-5,11-13H2,1-3H3/p+1/t16-/m0/s1. The third kappa shape index (κ3) is 6.68. The zero-order valence-corrected chi connectivity index (χ0v) is 12.7. The number of quaternary nitrogens is 1. The van der Waals surface area contributed by atoms with Gasteiger partial charge in [-0.1, -0.05) is 30.3 Å². The molecule has 0 fully saturated rings. The summed E-state index contributed by atoms with van der Waals surface area (Å²) < 4.78 is 11.0. The molecule has 0 saturated carbocycles. The summed E-state index contributed by atoms with van der Waals surface area (Å²) in [6, 6.07) is 10.0. The molecule has 4 nitrogen and oxygen atoms in total. The van der Waals surface area contributed by atoms with Crippen LogP contribution in [0.5, 0.6) is 0 Å². The Bertz CT molecular complexity index is 377. The van der Waals surface area contributed by atoms with Crippen LogP contribution in [0, 0.1) is 0 Å². The lowest BCUT2D eigenvalue weighted by molar-refractivity contribution is -0.899. The van der Waals surface area contributed by atoms with Crippen LogP contribution < -0.4 is 4.90 Å². The van der Waals surface area contributed by atoms with E-state index in [9.17, 15) is 4.79 Å². The number of benzene rings is 1. The lowest BCUT2D eigenvalue weighted by atomic mass is 10.2. The van der Waals surface area contributed by atoms with E-state index in [1.165, 1.54) is 11.8 Å². The fourth-order valence-corrected chi connectivity index (χ4v) is 2.11. The highest BCUT2D eigenvalue weighted by atomic mass is 16.6. The number of hydrogen-bond acceptors (Lipinski definition) is 3. The van der Waals surface area contributed by atoms with Crippen molar-refractivity contribution < 1.29 is 19.2 Å². The molecule has 0 aliphatic carbocycles. The first-order chi connectivity index (χ1) is 9.65. The van der Waals surface area contributed by atoms with Crippen LogP contribution >= 0.6 is 0 Å². The molecule has 0 radical (unpaired) electrons. The number of likely N-dealkylation sites (N-methyl/N-ethyl adjacent to an activating group) is 1. The molecule has 1 N–H and O–H groups in total. The Balaban J connectivity index is 2.41. The number of carbonyl (C=O) groups excluding carboxylic acids is 1. The predicted octanol–water partition coefficient (Wildman–Crippen LogP) is 1.06. The van der Waals surface area contributed by atoms with E-state index in [4.69, 9.17) is 9.47 Å². The molecular formula is C16H26NO3+. The summed E-state index contributed by atoms with van der Waals surface area (Å²) in [5.74, 6) is -0.245. The van der Waals surface area contributed by atoms with Gasteiger partial charge in [0.15, 0.2) is 6.10 Å². The number of rotatable bonds is 9. The molecule has 20 heavy (non-hydrogen) atoms. The maximum Gasteiger partial charge on any atom is 0.303 e. The van der Waals surface area contributed by atoms with E-state index >= 15 is 0 Å². The minimum Gasteiger partial charge on any atom is -0.454 e. The number of ether oxygens (including phenoxy) is 2. The Morgan fingerprint density at radius 2 is 1.85 bits per heavy atom. The van der Waals surface area contributed by atoms with Gasteiger partial charge >= 0.3 is 5.97 Å². The summed E-state index contributed by atoms with van der Waals surface area (Å²) in [7, 11) is 0. The SMILES string of the molecule is CC[NH+](CC)C[C@@H](COCc1ccccc1)OC(C)=O. The summed E-state index contributed by atoms with van der Waals surface area (Å²) in [5.41, 5.74) is 1.13. The average molecular weight is 280 g/mol. The maximum atomic E-state index is 11.2. The number of esters is 1. The van der Waals surface area contributed by atoms with Crippen molar-refractivity contribution >= 4 is 5.97 Å². The lowest BCUT2D eigenvalue weighted by Gasteiger charge is -2.22. The molecule has 0 saturated heterocycles. The van der Waals surface area contributed by atoms with Crippen molar-refractivity contribution in [3.63, 3.8) is 0 Å². The van der Waals surface area contributed by atoms with Gasteiger partial charge in [-0.2, -0.15) is 0 Å². The molecule has 0 unspecified atom stereocenters. The third-order valence-electron chi connectivity index (χ3n) is 3.26. The Kier molecular flexibility index (Phi) is 7.92. The van der Waals surface area contributed by atoms with Gasteiger partial charge in [0, 0.05) is 6.92 Å². The second-order valence-electron chi connectivity index (χ2n) is 4.89. The Labute approximate surface area is 121 Å². The van der Waals surface area contributed by atoms with Crippen LogP contribution in [0.1, 0.15) is 26.3 Å². The molecule has 0 spiro atoms. The topological polar surface area (TPSA) is 40.0 Å². The van der Waals surface area contributed by atoms with Gasteiger partial charge in [0.1, 0.15) is 6.54 Å². The maximum absolute atomic E-state index is 11.2. The van der Waals surface area contributed by atoms with Crippen molar-refractivity contribution in [3.8, 4) is 0 Å². The monoisotopic (exact) mass is 280 g/mol. The smallest absolute Gasteiger partial charge is 0.303 e. The van der Waals surface area contributed by atoms with Crippen LogP contribution in [-0.4, -0.2) is 38.3 Å². The zero-order valence-electron chi connectivity index (χ0n) is 12.7. The molecule has 0 amide bonds. The predicted molar refractivity (Wildman–Crippen MR) is 78.6 cm³/mol. The number of nitrogens with one attached hydrogen (secondary N) is 1. The van der Waals surface area contributed by atoms with Gasteiger partial charge in [0.2, 0.25) is 0 Å². The first kappa shape index (κ1) is 16.7. The molecule has 0 bridgehead atoms. The van der Waals surface area contributed by atoms with Crippen LogP contribution in [0.15, 0.2) is 30.3 Å². The molecule has 1 rings (SSSR count). The minimum atomic E-state index is -0.245. The highest BCUT2D eigenvalue weighted by molar-refractivity contribution is 5.66. The molecule has 0 aromatic heterocycles. The molecule has 0 heterocycles. The Hall–Kier alpha value is -1.39. The normalized spacial score (nSPS) is 12.4. The van der Waals surface area contributed by atoms with Gasteiger partial charge in [0.25, 0.3) is 0 Å². The molecule has 112 valence electrons. The first-order valence-electron chi connectivity index (χ1n) is 7.28. The van der Waals surface area contributed by atoms with E-state index < -0.39 is 0 Å². The molecule has 0 aliphatic rings. The molecule has 1 atom stereocenters. The summed E-state index contributed by atoms with van der Waals surface area (Å²) >= 11 is 0. The second kappa shape index (κ2) is 9.50. The van der Waals surface area contributed by atoms with Gasteiger partial charge < -0.3 is 14.4 Å². The van der Waals surface area contributed by atoms with Gasteiger partial charge in [-0.3, -0.25) is 4.79 Å². The summed E-state index contributed by atoms with van der Waals surface area (Å²) in [6.07, 6.45) is -0.175. The molecule has 1 aromatic rings. The lowest BCUT2D eigenvalue weighted by Crippen LogP contribution is -3.12. The zero-order chi connectivity index (χ0) is 14.8. The first-order valence-corrected chi connectivity index (χ1v) is 7.28. The van der Waals surface area contributed by atoms with Crippen LogP contribution in [-0.2, 0) is 20.9 Å². The van der Waals surface area contributed by atoms with Gasteiger partial charge in [-0.25, -0.2) is 0 Å². The van der Waals surface area contributed by atoms with E-state index in [2.05, 4.69) is 13.8 Å². The third-order valence-corrected chi connectivity index (χ3v) is 3.26. The molecule has 0 aliphatic heterocycles. The van der Waals surface area contributed by atoms with Crippen LogP contribution in [0.25, 0.3) is 0 Å². The second-order valence-corrected chi connectivity index (χ2v) is 4.89. The number of hydrogen-bond donors (Lipinski definition) is 1. The van der Waals surface area contributed by atoms with E-state index in [1.807, 2.05) is 30.3 Å². The van der Waals surface area contributed by atoms with Crippen LogP contribution in [0.4, 0.5) is 0 Å². The van der Waals surface area contributed by atoms with E-state index in [0.29, 0.717) is 13.2 Å². The largest absolute Gasteiger partial charge is 0.454 e. The van der Waals surface area contributed by atoms with E-state index in [-0.39, 0.29) is 12.1 Å². The van der Waals surface area contributed by atoms with E-state index in [1.54, 1.807) is 0 Å². The summed E-state index contributed by atoms with van der Waals surface area (Å²) in [4.78, 5) is 12.6. The fourth-order valence-electron chi connectivity index (χ4n) is 2.11. The summed E-state index contributed by atoms with van der Waals surface area (Å²) in [6.45, 7) is 9.54.